The van der Waals surface area contributed by atoms with E-state index in [1.54, 1.807) is 6.92 Å². The molecule has 1 N–H and O–H groups in total. The van der Waals surface area contributed by atoms with Crippen molar-refractivity contribution >= 4 is 81.2 Å². The third-order valence-electron chi connectivity index (χ3n) is 4.02. The van der Waals surface area contributed by atoms with Gasteiger partial charge in [0, 0.05) is 0 Å². The second kappa shape index (κ2) is 21.1. The van der Waals surface area contributed by atoms with Gasteiger partial charge in [0.05, 0.1) is 19.6 Å². The summed E-state index contributed by atoms with van der Waals surface area (Å²) in [5.41, 5.74) is 0. The van der Waals surface area contributed by atoms with E-state index in [-0.39, 0.29) is 72.3 Å². The molecule has 0 spiro atoms. The zero-order chi connectivity index (χ0) is 19.8. The fourth-order valence-electron chi connectivity index (χ4n) is 2.54. The summed E-state index contributed by atoms with van der Waals surface area (Å²) >= 11 is 0. The predicted molar refractivity (Wildman–Crippen MR) is 114 cm³/mol. The van der Waals surface area contributed by atoms with Crippen LogP contribution in [-0.4, -0.2) is 102 Å². The summed E-state index contributed by atoms with van der Waals surface area (Å²) in [5.74, 6) is -1.98. The summed E-state index contributed by atoms with van der Waals surface area (Å²) < 4.78 is 41.1. The van der Waals surface area contributed by atoms with E-state index in [0.717, 1.165) is 19.3 Å². The van der Waals surface area contributed by atoms with Crippen molar-refractivity contribution in [3.8, 4) is 0 Å². The van der Waals surface area contributed by atoms with E-state index in [9.17, 15) is 18.0 Å². The molecule has 158 valence electrons. The third-order valence-corrected chi connectivity index (χ3v) is 5.10. The third kappa shape index (κ3) is 18.9. The van der Waals surface area contributed by atoms with Gasteiger partial charge in [-0.3, -0.25) is 14.1 Å². The second-order valence-corrected chi connectivity index (χ2v) is 7.96. The molecule has 0 aromatic rings. The number of carbonyl (C=O) groups is 2. The number of ether oxygens (including phenoxy) is 2. The Morgan fingerprint density at radius 1 is 0.821 bits per heavy atom. The summed E-state index contributed by atoms with van der Waals surface area (Å²) in [6.45, 7) is 3.89. The molecular formula is C18H36Na2O7S. The van der Waals surface area contributed by atoms with E-state index in [1.807, 2.05) is 0 Å². The Morgan fingerprint density at radius 2 is 1.29 bits per heavy atom. The molecule has 0 aliphatic carbocycles. The Hall–Kier alpha value is 0.850. The summed E-state index contributed by atoms with van der Waals surface area (Å²) in [7, 11) is -4.72. The zero-order valence-electron chi connectivity index (χ0n) is 16.1. The van der Waals surface area contributed by atoms with E-state index in [1.165, 1.54) is 38.5 Å². The number of rotatable bonds is 16. The normalized spacial score (nSPS) is 11.7. The Morgan fingerprint density at radius 3 is 1.71 bits per heavy atom. The van der Waals surface area contributed by atoms with Crippen LogP contribution in [0.2, 0.25) is 0 Å². The van der Waals surface area contributed by atoms with Crippen molar-refractivity contribution in [3.05, 3.63) is 0 Å². The first-order valence-corrected chi connectivity index (χ1v) is 11.1. The van der Waals surface area contributed by atoms with Gasteiger partial charge < -0.3 is 9.47 Å². The Bertz CT molecular complexity index is 498. The van der Waals surface area contributed by atoms with Gasteiger partial charge in [0.25, 0.3) is 10.1 Å². The maximum absolute atomic E-state index is 11.8. The number of carbonyl (C=O) groups excluding carboxylic acids is 2. The first kappa shape index (κ1) is 33.5. The molecule has 0 aliphatic rings. The van der Waals surface area contributed by atoms with E-state index in [4.69, 9.17) is 9.29 Å². The van der Waals surface area contributed by atoms with Gasteiger partial charge in [-0.05, 0) is 13.3 Å². The molecule has 1 unspecified atom stereocenters. The van der Waals surface area contributed by atoms with Crippen LogP contribution in [0.3, 0.4) is 0 Å². The van der Waals surface area contributed by atoms with Crippen LogP contribution in [0.15, 0.2) is 0 Å². The van der Waals surface area contributed by atoms with Crippen LogP contribution in [0, 0.1) is 0 Å². The number of hydrogen-bond acceptors (Lipinski definition) is 6. The first-order valence-electron chi connectivity index (χ1n) is 9.61. The van der Waals surface area contributed by atoms with Gasteiger partial charge in [-0.15, -0.1) is 0 Å². The van der Waals surface area contributed by atoms with E-state index in [2.05, 4.69) is 11.7 Å². The molecule has 1 atom stereocenters. The quantitative estimate of drug-likeness (QED) is 0.169. The van der Waals surface area contributed by atoms with Gasteiger partial charge in [-0.1, -0.05) is 64.7 Å². The summed E-state index contributed by atoms with van der Waals surface area (Å²) in [6, 6.07) is 0. The minimum atomic E-state index is -4.72. The Balaban J connectivity index is -0.00000312. The standard InChI is InChI=1S/C18H34O7S.2Na.2H/c1-3-5-6-7-8-9-10-11-12-13-14-25-18(20)16(26(21,22)23)15-17(19)24-4-2;;;;/h16H,3-15H2,1-2H3,(H,21,22,23);;;;. The molecule has 0 aromatic carbocycles. The summed E-state index contributed by atoms with van der Waals surface area (Å²) in [4.78, 5) is 23.2. The van der Waals surface area contributed by atoms with Crippen molar-refractivity contribution in [2.24, 2.45) is 0 Å². The van der Waals surface area contributed by atoms with Crippen LogP contribution >= 0.6 is 0 Å². The average Bonchev–Trinajstić information content (AvgIpc) is 2.56. The van der Waals surface area contributed by atoms with E-state index in [0.29, 0.717) is 6.42 Å². The number of unbranched alkanes of at least 4 members (excludes halogenated alkanes) is 9. The van der Waals surface area contributed by atoms with Crippen LogP contribution in [0.25, 0.3) is 0 Å². The molecule has 10 heteroatoms. The van der Waals surface area contributed by atoms with Crippen LogP contribution in [0.1, 0.15) is 84.5 Å². The molecule has 0 amide bonds. The molecule has 28 heavy (non-hydrogen) atoms. The van der Waals surface area contributed by atoms with E-state index < -0.39 is 33.7 Å². The van der Waals surface area contributed by atoms with Crippen LogP contribution in [-0.2, 0) is 29.2 Å². The van der Waals surface area contributed by atoms with Crippen molar-refractivity contribution < 1.29 is 32.0 Å². The number of hydrogen-bond donors (Lipinski definition) is 1. The molecule has 0 fully saturated rings. The van der Waals surface area contributed by atoms with Gasteiger partial charge >= 0.3 is 71.1 Å². The van der Waals surface area contributed by atoms with Gasteiger partial charge in [-0.25, -0.2) is 0 Å². The average molecular weight is 443 g/mol. The fraction of sp³-hybridized carbons (Fsp3) is 0.889. The molecule has 0 saturated carbocycles. The van der Waals surface area contributed by atoms with Crippen LogP contribution < -0.4 is 0 Å². The molecule has 0 aliphatic heterocycles. The van der Waals surface area contributed by atoms with Crippen LogP contribution in [0.5, 0.6) is 0 Å². The van der Waals surface area contributed by atoms with Crippen molar-refractivity contribution in [2.75, 3.05) is 13.2 Å². The first-order chi connectivity index (χ1) is 12.3. The Labute approximate surface area is 214 Å². The SMILES string of the molecule is CCCCCCCCCCCCOC(=O)C(CC(=O)OCC)S(=O)(=O)O.[NaH].[NaH]. The van der Waals surface area contributed by atoms with Gasteiger partial charge in [0.15, 0.2) is 5.25 Å². The molecule has 0 aromatic heterocycles. The van der Waals surface area contributed by atoms with Crippen LogP contribution in [0.4, 0.5) is 0 Å². The monoisotopic (exact) mass is 442 g/mol. The van der Waals surface area contributed by atoms with Gasteiger partial charge in [0.2, 0.25) is 0 Å². The van der Waals surface area contributed by atoms with Crippen molar-refractivity contribution in [2.45, 2.75) is 89.7 Å². The molecule has 0 radical (unpaired) electrons. The fourth-order valence-corrected chi connectivity index (χ4v) is 3.19. The summed E-state index contributed by atoms with van der Waals surface area (Å²) in [5, 5.41) is -1.93. The summed E-state index contributed by atoms with van der Waals surface area (Å²) in [6.07, 6.45) is 10.5. The molecule has 0 saturated heterocycles. The maximum atomic E-state index is 11.8. The Kier molecular flexibility index (Phi) is 25.2. The molecule has 0 bridgehead atoms. The zero-order valence-corrected chi connectivity index (χ0v) is 16.9. The second-order valence-electron chi connectivity index (χ2n) is 6.36. The van der Waals surface area contributed by atoms with Gasteiger partial charge in [-0.2, -0.15) is 8.42 Å². The minimum absolute atomic E-state index is 0. The molecule has 7 nitrogen and oxygen atoms in total. The number of esters is 2. The van der Waals surface area contributed by atoms with Crippen molar-refractivity contribution in [3.63, 3.8) is 0 Å². The molecule has 0 heterocycles. The molecular weight excluding hydrogens is 406 g/mol. The topological polar surface area (TPSA) is 107 Å². The van der Waals surface area contributed by atoms with Crippen molar-refractivity contribution in [1.82, 2.24) is 0 Å². The van der Waals surface area contributed by atoms with Gasteiger partial charge in [0.1, 0.15) is 0 Å². The van der Waals surface area contributed by atoms with Crippen molar-refractivity contribution in [1.29, 1.82) is 0 Å². The predicted octanol–water partition coefficient (Wildman–Crippen LogP) is 2.36. The van der Waals surface area contributed by atoms with E-state index >= 15 is 0 Å². The molecule has 0 rings (SSSR count).